The summed E-state index contributed by atoms with van der Waals surface area (Å²) in [6.07, 6.45) is 2.32. The lowest BCUT2D eigenvalue weighted by atomic mass is 10.1. The third-order valence-electron chi connectivity index (χ3n) is 4.12. The Balaban J connectivity index is 1.97. The van der Waals surface area contributed by atoms with E-state index in [0.29, 0.717) is 5.69 Å². The summed E-state index contributed by atoms with van der Waals surface area (Å²) in [4.78, 5) is 14.5. The lowest BCUT2D eigenvalue weighted by molar-refractivity contribution is 0.256. The number of aryl methyl sites for hydroxylation is 1. The molecule has 0 fully saturated rings. The van der Waals surface area contributed by atoms with Gasteiger partial charge < -0.3 is 5.32 Å². The quantitative estimate of drug-likeness (QED) is 0.910. The molecule has 1 heterocycles. The smallest absolute Gasteiger partial charge is 0.308 e. The van der Waals surface area contributed by atoms with Crippen LogP contribution >= 0.6 is 0 Å². The molecular formula is C19H20N2O3S. The highest BCUT2D eigenvalue weighted by atomic mass is 32.2. The Hall–Kier alpha value is -2.60. The minimum Gasteiger partial charge on any atom is -0.308 e. The van der Waals surface area contributed by atoms with Gasteiger partial charge >= 0.3 is 6.03 Å². The van der Waals surface area contributed by atoms with Crippen molar-refractivity contribution in [1.29, 1.82) is 0 Å². The van der Waals surface area contributed by atoms with E-state index >= 15 is 0 Å². The molecule has 1 unspecified atom stereocenters. The molecule has 1 aliphatic rings. The lowest BCUT2D eigenvalue weighted by Gasteiger charge is -2.29. The molecule has 0 radical (unpaired) electrons. The molecule has 0 aliphatic carbocycles. The first-order chi connectivity index (χ1) is 12.0. The number of anilines is 2. The molecule has 2 aromatic carbocycles. The van der Waals surface area contributed by atoms with Crippen LogP contribution < -0.4 is 10.2 Å². The molecule has 0 spiro atoms. The topological polar surface area (TPSA) is 66.5 Å². The minimum atomic E-state index is -3.28. The van der Waals surface area contributed by atoms with Crippen molar-refractivity contribution < 1.29 is 13.2 Å². The monoisotopic (exact) mass is 356 g/mol. The van der Waals surface area contributed by atoms with Gasteiger partial charge in [0.15, 0.2) is 9.84 Å². The predicted molar refractivity (Wildman–Crippen MR) is 100 cm³/mol. The molecule has 2 aromatic rings. The number of rotatable bonds is 4. The molecule has 0 saturated carbocycles. The first-order valence-electron chi connectivity index (χ1n) is 8.14. The number of nitrogens with one attached hydrogen (secondary N) is 1. The molecule has 6 heteroatoms. The van der Waals surface area contributed by atoms with Crippen molar-refractivity contribution in [3.63, 3.8) is 0 Å². The zero-order valence-corrected chi connectivity index (χ0v) is 14.7. The summed E-state index contributed by atoms with van der Waals surface area (Å²) in [6.45, 7) is 2.01. The van der Waals surface area contributed by atoms with Crippen LogP contribution in [0.2, 0.25) is 0 Å². The molecule has 1 aliphatic heterocycles. The van der Waals surface area contributed by atoms with Gasteiger partial charge in [-0.1, -0.05) is 43.3 Å². The highest BCUT2D eigenvalue weighted by Gasteiger charge is 2.32. The number of urea groups is 1. The van der Waals surface area contributed by atoms with Gasteiger partial charge in [-0.05, 0) is 36.3 Å². The van der Waals surface area contributed by atoms with Gasteiger partial charge in [0.05, 0.1) is 11.8 Å². The van der Waals surface area contributed by atoms with Crippen molar-refractivity contribution in [3.8, 4) is 0 Å². The predicted octanol–water partition coefficient (Wildman–Crippen LogP) is 3.60. The number of amides is 2. The standard InChI is InChI=1S/C19H20N2O3S/c1-2-15-8-6-7-11-18(15)21(17-12-13-25(23,24)14-17)19(22)20-16-9-4-3-5-10-16/h3-13,17H,2,14H2,1H3,(H,20,22). The highest BCUT2D eigenvalue weighted by Crippen LogP contribution is 2.27. The van der Waals surface area contributed by atoms with Gasteiger partial charge in [-0.2, -0.15) is 0 Å². The SMILES string of the molecule is CCc1ccccc1N(C(=O)Nc1ccccc1)C1C=CS(=O)(=O)C1. The molecule has 1 N–H and O–H groups in total. The number of nitrogens with zero attached hydrogens (tertiary/aromatic N) is 1. The van der Waals surface area contributed by atoms with Crippen LogP contribution in [-0.2, 0) is 16.3 Å². The van der Waals surface area contributed by atoms with Crippen LogP contribution in [-0.4, -0.2) is 26.2 Å². The van der Waals surface area contributed by atoms with Crippen LogP contribution in [0.3, 0.4) is 0 Å². The number of benzene rings is 2. The number of hydrogen-bond donors (Lipinski definition) is 1. The van der Waals surface area contributed by atoms with Crippen molar-refractivity contribution in [1.82, 2.24) is 0 Å². The summed E-state index contributed by atoms with van der Waals surface area (Å²) in [5.74, 6) is -0.104. The second kappa shape index (κ2) is 7.11. The summed E-state index contributed by atoms with van der Waals surface area (Å²) in [5.41, 5.74) is 2.38. The molecule has 0 bridgehead atoms. The number of carbonyl (C=O) groups is 1. The van der Waals surface area contributed by atoms with Crippen LogP contribution in [0.5, 0.6) is 0 Å². The van der Waals surface area contributed by atoms with Crippen molar-refractivity contribution in [3.05, 3.63) is 71.6 Å². The normalized spacial score (nSPS) is 18.0. The fraction of sp³-hybridized carbons (Fsp3) is 0.211. The average molecular weight is 356 g/mol. The van der Waals surface area contributed by atoms with Gasteiger partial charge in [0, 0.05) is 16.8 Å². The summed E-state index contributed by atoms with van der Waals surface area (Å²) in [5, 5.41) is 4.04. The Kier molecular flexibility index (Phi) is 4.90. The number of sulfone groups is 1. The summed E-state index contributed by atoms with van der Waals surface area (Å²) < 4.78 is 23.7. The van der Waals surface area contributed by atoms with Gasteiger partial charge in [0.2, 0.25) is 0 Å². The zero-order valence-electron chi connectivity index (χ0n) is 13.9. The van der Waals surface area contributed by atoms with E-state index in [0.717, 1.165) is 17.7 Å². The number of carbonyl (C=O) groups excluding carboxylic acids is 1. The second-order valence-electron chi connectivity index (χ2n) is 5.87. The van der Waals surface area contributed by atoms with E-state index in [4.69, 9.17) is 0 Å². The Morgan fingerprint density at radius 2 is 1.80 bits per heavy atom. The Labute approximate surface area is 147 Å². The number of hydrogen-bond acceptors (Lipinski definition) is 3. The van der Waals surface area contributed by atoms with Gasteiger partial charge in [0.25, 0.3) is 0 Å². The minimum absolute atomic E-state index is 0.104. The third kappa shape index (κ3) is 3.91. The molecule has 0 aromatic heterocycles. The van der Waals surface area contributed by atoms with Gasteiger partial charge in [0.1, 0.15) is 0 Å². The van der Waals surface area contributed by atoms with E-state index in [1.807, 2.05) is 49.4 Å². The highest BCUT2D eigenvalue weighted by molar-refractivity contribution is 7.94. The molecule has 130 valence electrons. The molecule has 2 amide bonds. The molecule has 25 heavy (non-hydrogen) atoms. The Morgan fingerprint density at radius 3 is 2.44 bits per heavy atom. The fourth-order valence-corrected chi connectivity index (χ4v) is 4.18. The first-order valence-corrected chi connectivity index (χ1v) is 9.86. The summed E-state index contributed by atoms with van der Waals surface area (Å²) >= 11 is 0. The van der Waals surface area contributed by atoms with E-state index in [1.54, 1.807) is 18.2 Å². The van der Waals surface area contributed by atoms with Gasteiger partial charge in [-0.25, -0.2) is 13.2 Å². The molecule has 5 nitrogen and oxygen atoms in total. The second-order valence-corrected chi connectivity index (χ2v) is 7.81. The van der Waals surface area contributed by atoms with E-state index in [9.17, 15) is 13.2 Å². The van der Waals surface area contributed by atoms with E-state index in [-0.39, 0.29) is 11.8 Å². The maximum absolute atomic E-state index is 13.0. The summed E-state index contributed by atoms with van der Waals surface area (Å²) in [7, 11) is -3.28. The van der Waals surface area contributed by atoms with E-state index < -0.39 is 15.9 Å². The van der Waals surface area contributed by atoms with Crippen LogP contribution in [0.1, 0.15) is 12.5 Å². The Morgan fingerprint density at radius 1 is 1.12 bits per heavy atom. The van der Waals surface area contributed by atoms with Crippen molar-refractivity contribution in [2.75, 3.05) is 16.0 Å². The van der Waals surface area contributed by atoms with Crippen LogP contribution in [0.15, 0.2) is 66.1 Å². The van der Waals surface area contributed by atoms with Crippen LogP contribution in [0.4, 0.5) is 16.2 Å². The largest absolute Gasteiger partial charge is 0.326 e. The lowest BCUT2D eigenvalue weighted by Crippen LogP contribution is -2.44. The van der Waals surface area contributed by atoms with Crippen molar-refractivity contribution >= 4 is 27.2 Å². The van der Waals surface area contributed by atoms with Crippen LogP contribution in [0, 0.1) is 0 Å². The average Bonchev–Trinajstić information content (AvgIpc) is 2.96. The maximum atomic E-state index is 13.0. The van der Waals surface area contributed by atoms with Crippen LogP contribution in [0.25, 0.3) is 0 Å². The first kappa shape index (κ1) is 17.2. The molecular weight excluding hydrogens is 336 g/mol. The third-order valence-corrected chi connectivity index (χ3v) is 5.50. The summed E-state index contributed by atoms with van der Waals surface area (Å²) in [6, 6.07) is 15.8. The van der Waals surface area contributed by atoms with Gasteiger partial charge in [-0.3, -0.25) is 4.90 Å². The maximum Gasteiger partial charge on any atom is 0.326 e. The zero-order chi connectivity index (χ0) is 17.9. The Bertz CT molecular complexity index is 892. The molecule has 3 rings (SSSR count). The number of para-hydroxylation sites is 2. The molecule has 1 atom stereocenters. The van der Waals surface area contributed by atoms with Crippen molar-refractivity contribution in [2.24, 2.45) is 0 Å². The molecule has 0 saturated heterocycles. The fourth-order valence-electron chi connectivity index (χ4n) is 2.91. The van der Waals surface area contributed by atoms with E-state index in [2.05, 4.69) is 5.32 Å². The van der Waals surface area contributed by atoms with Gasteiger partial charge in [-0.15, -0.1) is 0 Å². The van der Waals surface area contributed by atoms with E-state index in [1.165, 1.54) is 10.3 Å². The van der Waals surface area contributed by atoms with Crippen molar-refractivity contribution in [2.45, 2.75) is 19.4 Å².